The monoisotopic (exact) mass is 756 g/mol. The first-order chi connectivity index (χ1) is 29.1. The summed E-state index contributed by atoms with van der Waals surface area (Å²) in [5, 5.41) is 10.5. The largest absolute Gasteiger partial charge is 0.306 e. The van der Waals surface area contributed by atoms with Gasteiger partial charge in [-0.15, -0.1) is 0 Å². The summed E-state index contributed by atoms with van der Waals surface area (Å²) in [5.74, 6) is 2.60. The molecule has 8 aromatic carbocycles. The fourth-order valence-corrected chi connectivity index (χ4v) is 12.6. The number of nitrogens with zero attached hydrogens (tertiary/aromatic N) is 2. The van der Waals surface area contributed by atoms with Crippen LogP contribution < -0.4 is 0 Å². The zero-order valence-electron chi connectivity index (χ0n) is 33.1. The summed E-state index contributed by atoms with van der Waals surface area (Å²) < 4.78 is 2.09. The molecule has 0 atom stereocenters. The van der Waals surface area contributed by atoms with Gasteiger partial charge in [0, 0.05) is 18.0 Å². The zero-order chi connectivity index (χ0) is 38.7. The van der Waals surface area contributed by atoms with Crippen molar-refractivity contribution in [2.45, 2.75) is 43.9 Å². The molecule has 0 radical (unpaired) electrons. The standard InChI is InChI=1S/C57H44N2/c1-3-13-46-41(11-1)28-42-12-2-4-14-47(42)55(46)43-29-44(31-45(30-43)57-32-36-25-37(33-57)27-38(26-36)34-57)56-50-17-7-5-15-48(50)54(49-16-6-8-18-51(49)56)40-22-20-39(21-23-40)52-35-59-24-10-9-19-53(59)58-52/h1-24,28-31,35-38H,25-27,32-34H2. The van der Waals surface area contributed by atoms with Gasteiger partial charge in [0.25, 0.3) is 0 Å². The Kier molecular flexibility index (Phi) is 7.23. The second-order valence-electron chi connectivity index (χ2n) is 18.2. The number of hydrogen-bond acceptors (Lipinski definition) is 1. The Bertz CT molecular complexity index is 3130. The predicted molar refractivity (Wildman–Crippen MR) is 247 cm³/mol. The van der Waals surface area contributed by atoms with Crippen LogP contribution in [0.4, 0.5) is 0 Å². The Morgan fingerprint density at radius 2 is 0.881 bits per heavy atom. The van der Waals surface area contributed by atoms with Gasteiger partial charge in [0.15, 0.2) is 0 Å². The highest BCUT2D eigenvalue weighted by molar-refractivity contribution is 6.22. The Hall–Kier alpha value is -6.51. The lowest BCUT2D eigenvalue weighted by Gasteiger charge is -2.57. The van der Waals surface area contributed by atoms with E-state index in [1.165, 1.54) is 115 Å². The quantitative estimate of drug-likeness (QED) is 0.160. The van der Waals surface area contributed by atoms with Crippen molar-refractivity contribution in [3.8, 4) is 44.6 Å². The van der Waals surface area contributed by atoms with Gasteiger partial charge >= 0.3 is 0 Å². The molecule has 2 heteroatoms. The molecule has 2 heterocycles. The SMILES string of the molecule is c1ccc2c(-c3cc(-c4c5ccccc5c(-c5ccc(-c6cn7ccccc7n6)cc5)c5ccccc45)cc(C45CC6CC(CC(C6)C4)C5)c3)c3ccccc3cc2c1. The molecule has 2 aromatic heterocycles. The van der Waals surface area contributed by atoms with E-state index in [0.29, 0.717) is 0 Å². The highest BCUT2D eigenvalue weighted by Gasteiger charge is 2.51. The van der Waals surface area contributed by atoms with Gasteiger partial charge in [-0.2, -0.15) is 0 Å². The normalized spacial score (nSPS) is 21.1. The second-order valence-corrected chi connectivity index (χ2v) is 18.2. The van der Waals surface area contributed by atoms with Crippen LogP contribution in [0.2, 0.25) is 0 Å². The molecular weight excluding hydrogens is 713 g/mol. The third kappa shape index (κ3) is 5.22. The van der Waals surface area contributed by atoms with Crippen molar-refractivity contribution in [2.75, 3.05) is 0 Å². The average Bonchev–Trinajstić information content (AvgIpc) is 3.71. The maximum Gasteiger partial charge on any atom is 0.137 e. The second kappa shape index (κ2) is 12.7. The van der Waals surface area contributed by atoms with Crippen molar-refractivity contribution in [2.24, 2.45) is 17.8 Å². The van der Waals surface area contributed by atoms with E-state index in [4.69, 9.17) is 4.98 Å². The Balaban J connectivity index is 1.06. The summed E-state index contributed by atoms with van der Waals surface area (Å²) in [6.07, 6.45) is 12.5. The predicted octanol–water partition coefficient (Wildman–Crippen LogP) is 15.1. The number of aromatic nitrogens is 2. The fraction of sp³-hybridized carbons (Fsp3) is 0.175. The van der Waals surface area contributed by atoms with Crippen molar-refractivity contribution in [3.63, 3.8) is 0 Å². The van der Waals surface area contributed by atoms with Crippen LogP contribution in [-0.2, 0) is 5.41 Å². The molecule has 59 heavy (non-hydrogen) atoms. The van der Waals surface area contributed by atoms with E-state index in [1.807, 2.05) is 12.1 Å². The molecule has 0 spiro atoms. The van der Waals surface area contributed by atoms with E-state index < -0.39 is 0 Å². The van der Waals surface area contributed by atoms with Crippen molar-refractivity contribution in [1.29, 1.82) is 0 Å². The highest BCUT2D eigenvalue weighted by atomic mass is 15.0. The first-order valence-corrected chi connectivity index (χ1v) is 21.7. The molecule has 0 N–H and O–H groups in total. The molecule has 4 aliphatic carbocycles. The Morgan fingerprint density at radius 3 is 1.42 bits per heavy atom. The third-order valence-electron chi connectivity index (χ3n) is 14.7. The lowest BCUT2D eigenvalue weighted by Crippen LogP contribution is -2.48. The first-order valence-electron chi connectivity index (χ1n) is 21.7. The summed E-state index contributed by atoms with van der Waals surface area (Å²) in [5.41, 5.74) is 12.8. The van der Waals surface area contributed by atoms with Crippen molar-refractivity contribution < 1.29 is 0 Å². The summed E-state index contributed by atoms with van der Waals surface area (Å²) in [4.78, 5) is 4.92. The fourth-order valence-electron chi connectivity index (χ4n) is 12.6. The van der Waals surface area contributed by atoms with Gasteiger partial charge in [-0.1, -0.05) is 140 Å². The molecule has 2 nitrogen and oxygen atoms in total. The van der Waals surface area contributed by atoms with Crippen LogP contribution in [0.3, 0.4) is 0 Å². The highest BCUT2D eigenvalue weighted by Crippen LogP contribution is 2.61. The summed E-state index contributed by atoms with van der Waals surface area (Å²) in [6, 6.07) is 61.9. The van der Waals surface area contributed by atoms with E-state index in [2.05, 4.69) is 168 Å². The smallest absolute Gasteiger partial charge is 0.137 e. The van der Waals surface area contributed by atoms with Gasteiger partial charge in [-0.25, -0.2) is 4.98 Å². The molecule has 4 fully saturated rings. The number of pyridine rings is 1. The minimum absolute atomic E-state index is 0.244. The molecule has 4 saturated carbocycles. The maximum absolute atomic E-state index is 4.92. The van der Waals surface area contributed by atoms with Gasteiger partial charge in [-0.3, -0.25) is 0 Å². The van der Waals surface area contributed by atoms with Crippen LogP contribution in [0, 0.1) is 17.8 Å². The number of imidazole rings is 1. The molecule has 0 unspecified atom stereocenters. The first kappa shape index (κ1) is 33.5. The van der Waals surface area contributed by atoms with Crippen molar-refractivity contribution in [3.05, 3.63) is 182 Å². The van der Waals surface area contributed by atoms with Crippen molar-refractivity contribution >= 4 is 48.7 Å². The van der Waals surface area contributed by atoms with E-state index >= 15 is 0 Å². The van der Waals surface area contributed by atoms with Crippen LogP contribution >= 0.6 is 0 Å². The molecule has 0 saturated heterocycles. The van der Waals surface area contributed by atoms with Gasteiger partial charge in [0.2, 0.25) is 0 Å². The number of fused-ring (bicyclic) bond motifs is 5. The topological polar surface area (TPSA) is 17.3 Å². The van der Waals surface area contributed by atoms with E-state index in [1.54, 1.807) is 5.56 Å². The summed E-state index contributed by atoms with van der Waals surface area (Å²) in [7, 11) is 0. The molecule has 4 aliphatic rings. The van der Waals surface area contributed by atoms with Gasteiger partial charge in [-0.05, 0) is 168 Å². The minimum atomic E-state index is 0.244. The molecule has 4 bridgehead atoms. The van der Waals surface area contributed by atoms with E-state index in [-0.39, 0.29) is 5.41 Å². The minimum Gasteiger partial charge on any atom is -0.306 e. The van der Waals surface area contributed by atoms with Crippen molar-refractivity contribution in [1.82, 2.24) is 9.38 Å². The Morgan fingerprint density at radius 1 is 0.424 bits per heavy atom. The summed E-state index contributed by atoms with van der Waals surface area (Å²) >= 11 is 0. The number of rotatable bonds is 5. The molecule has 0 amide bonds. The lowest BCUT2D eigenvalue weighted by molar-refractivity contribution is -0.00515. The van der Waals surface area contributed by atoms with E-state index in [0.717, 1.165) is 34.7 Å². The molecule has 282 valence electrons. The number of hydrogen-bond donors (Lipinski definition) is 0. The van der Waals surface area contributed by atoms with Crippen LogP contribution in [0.25, 0.3) is 93.4 Å². The van der Waals surface area contributed by atoms with Crippen LogP contribution in [-0.4, -0.2) is 9.38 Å². The zero-order valence-corrected chi connectivity index (χ0v) is 33.1. The van der Waals surface area contributed by atoms with Gasteiger partial charge in [0.05, 0.1) is 5.69 Å². The maximum atomic E-state index is 4.92. The van der Waals surface area contributed by atoms with E-state index in [9.17, 15) is 0 Å². The average molecular weight is 757 g/mol. The number of benzene rings is 8. The lowest BCUT2D eigenvalue weighted by atomic mass is 9.48. The van der Waals surface area contributed by atoms with Gasteiger partial charge in [0.1, 0.15) is 5.65 Å². The summed E-state index contributed by atoms with van der Waals surface area (Å²) in [6.45, 7) is 0. The third-order valence-corrected chi connectivity index (χ3v) is 14.7. The molecule has 0 aliphatic heterocycles. The Labute approximate surface area is 344 Å². The molecular formula is C57H44N2. The van der Waals surface area contributed by atoms with Crippen LogP contribution in [0.1, 0.15) is 44.1 Å². The van der Waals surface area contributed by atoms with Crippen LogP contribution in [0.15, 0.2) is 176 Å². The van der Waals surface area contributed by atoms with Gasteiger partial charge < -0.3 is 4.40 Å². The molecule has 14 rings (SSSR count). The molecule has 10 aromatic rings. The van der Waals surface area contributed by atoms with Crippen LogP contribution in [0.5, 0.6) is 0 Å².